The standard InChI is InChI=1S/C17H24N4O3S/c1-12-9-14(10-13(2)16(12)24-4)25(22,23)21-8-5-18-11-15(21)17-19-6-7-20(17)3/h6-7,9-10,15,18H,5,8,11H2,1-4H3. The molecule has 0 spiro atoms. The van der Waals surface area contributed by atoms with Crippen molar-refractivity contribution >= 4 is 10.0 Å². The Morgan fingerprint density at radius 3 is 2.52 bits per heavy atom. The average Bonchev–Trinajstić information content (AvgIpc) is 3.00. The average molecular weight is 364 g/mol. The highest BCUT2D eigenvalue weighted by Gasteiger charge is 2.36. The molecule has 0 aliphatic carbocycles. The maximum Gasteiger partial charge on any atom is 0.243 e. The van der Waals surface area contributed by atoms with Crippen molar-refractivity contribution in [1.82, 2.24) is 19.2 Å². The summed E-state index contributed by atoms with van der Waals surface area (Å²) >= 11 is 0. The molecule has 1 aliphatic heterocycles. The van der Waals surface area contributed by atoms with Gasteiger partial charge < -0.3 is 14.6 Å². The van der Waals surface area contributed by atoms with Gasteiger partial charge in [-0.2, -0.15) is 4.31 Å². The molecule has 1 N–H and O–H groups in total. The Morgan fingerprint density at radius 1 is 1.28 bits per heavy atom. The first-order valence-electron chi connectivity index (χ1n) is 8.21. The van der Waals surface area contributed by atoms with Gasteiger partial charge in [-0.3, -0.25) is 0 Å². The number of benzene rings is 1. The third-order valence-corrected chi connectivity index (χ3v) is 6.48. The van der Waals surface area contributed by atoms with E-state index in [1.165, 1.54) is 0 Å². The van der Waals surface area contributed by atoms with Crippen LogP contribution in [0.25, 0.3) is 0 Å². The van der Waals surface area contributed by atoms with Gasteiger partial charge in [-0.05, 0) is 37.1 Å². The van der Waals surface area contributed by atoms with Gasteiger partial charge in [-0.25, -0.2) is 13.4 Å². The Kier molecular flexibility index (Phi) is 4.86. The fraction of sp³-hybridized carbons (Fsp3) is 0.471. The van der Waals surface area contributed by atoms with Crippen molar-refractivity contribution in [3.63, 3.8) is 0 Å². The molecule has 7 nitrogen and oxygen atoms in total. The summed E-state index contributed by atoms with van der Waals surface area (Å²) in [5, 5.41) is 3.27. The predicted molar refractivity (Wildman–Crippen MR) is 95.2 cm³/mol. The maximum absolute atomic E-state index is 13.3. The van der Waals surface area contributed by atoms with Crippen molar-refractivity contribution in [2.24, 2.45) is 7.05 Å². The number of rotatable bonds is 4. The molecule has 0 saturated carbocycles. The third-order valence-electron chi connectivity index (χ3n) is 4.60. The molecule has 0 radical (unpaired) electrons. The second-order valence-corrected chi connectivity index (χ2v) is 8.21. The molecule has 8 heteroatoms. The lowest BCUT2D eigenvalue weighted by Crippen LogP contribution is -2.49. The first-order chi connectivity index (χ1) is 11.9. The molecular formula is C17H24N4O3S. The van der Waals surface area contributed by atoms with Crippen molar-refractivity contribution < 1.29 is 13.2 Å². The van der Waals surface area contributed by atoms with Crippen LogP contribution in [0.15, 0.2) is 29.4 Å². The fourth-order valence-corrected chi connectivity index (χ4v) is 5.17. The summed E-state index contributed by atoms with van der Waals surface area (Å²) in [5.41, 5.74) is 1.62. The molecule has 1 fully saturated rings. The van der Waals surface area contributed by atoms with E-state index in [1.807, 2.05) is 31.7 Å². The quantitative estimate of drug-likeness (QED) is 0.887. The van der Waals surface area contributed by atoms with Crippen molar-refractivity contribution in [3.05, 3.63) is 41.5 Å². The highest BCUT2D eigenvalue weighted by Crippen LogP contribution is 2.32. The lowest BCUT2D eigenvalue weighted by molar-refractivity contribution is 0.258. The zero-order chi connectivity index (χ0) is 18.2. The van der Waals surface area contributed by atoms with Crippen LogP contribution < -0.4 is 10.1 Å². The molecule has 25 heavy (non-hydrogen) atoms. The number of methoxy groups -OCH3 is 1. The summed E-state index contributed by atoms with van der Waals surface area (Å²) in [6.07, 6.45) is 3.52. The van der Waals surface area contributed by atoms with Gasteiger partial charge in [0.15, 0.2) is 0 Å². The van der Waals surface area contributed by atoms with Crippen molar-refractivity contribution in [2.75, 3.05) is 26.7 Å². The van der Waals surface area contributed by atoms with Crippen LogP contribution in [0.1, 0.15) is 23.0 Å². The number of sulfonamides is 1. The van der Waals surface area contributed by atoms with Gasteiger partial charge in [0.1, 0.15) is 11.6 Å². The van der Waals surface area contributed by atoms with Gasteiger partial charge in [0.2, 0.25) is 10.0 Å². The Bertz CT molecular complexity index is 853. The third kappa shape index (κ3) is 3.17. The topological polar surface area (TPSA) is 76.5 Å². The predicted octanol–water partition coefficient (Wildman–Crippen LogP) is 1.38. The highest BCUT2D eigenvalue weighted by atomic mass is 32.2. The van der Waals surface area contributed by atoms with Gasteiger partial charge in [-0.1, -0.05) is 0 Å². The lowest BCUT2D eigenvalue weighted by atomic mass is 10.1. The molecule has 1 saturated heterocycles. The van der Waals surface area contributed by atoms with E-state index >= 15 is 0 Å². The second kappa shape index (κ2) is 6.78. The minimum Gasteiger partial charge on any atom is -0.496 e. The van der Waals surface area contributed by atoms with E-state index in [-0.39, 0.29) is 6.04 Å². The molecule has 2 heterocycles. The minimum atomic E-state index is -3.64. The zero-order valence-corrected chi connectivity index (χ0v) is 15.8. The van der Waals surface area contributed by atoms with E-state index in [9.17, 15) is 8.42 Å². The summed E-state index contributed by atoms with van der Waals surface area (Å²) in [4.78, 5) is 4.65. The second-order valence-electron chi connectivity index (χ2n) is 6.32. The van der Waals surface area contributed by atoms with E-state index < -0.39 is 10.0 Å². The Hall–Kier alpha value is -1.90. The Labute approximate surface area is 148 Å². The van der Waals surface area contributed by atoms with Gasteiger partial charge >= 0.3 is 0 Å². The van der Waals surface area contributed by atoms with Gasteiger partial charge in [0.05, 0.1) is 18.0 Å². The van der Waals surface area contributed by atoms with Crippen LogP contribution in [0.4, 0.5) is 0 Å². The first-order valence-corrected chi connectivity index (χ1v) is 9.65. The summed E-state index contributed by atoms with van der Waals surface area (Å²) in [7, 11) is -0.167. The minimum absolute atomic E-state index is 0.296. The van der Waals surface area contributed by atoms with Crippen LogP contribution in [-0.2, 0) is 17.1 Å². The molecular weight excluding hydrogens is 340 g/mol. The Balaban J connectivity index is 2.04. The van der Waals surface area contributed by atoms with E-state index in [1.54, 1.807) is 29.7 Å². The van der Waals surface area contributed by atoms with Crippen LogP contribution in [0.3, 0.4) is 0 Å². The van der Waals surface area contributed by atoms with Crippen molar-refractivity contribution in [3.8, 4) is 5.75 Å². The number of aromatic nitrogens is 2. The Morgan fingerprint density at radius 2 is 1.96 bits per heavy atom. The van der Waals surface area contributed by atoms with Gasteiger partial charge in [0, 0.05) is 39.1 Å². The summed E-state index contributed by atoms with van der Waals surface area (Å²) in [6, 6.07) is 3.03. The van der Waals surface area contributed by atoms with Crippen LogP contribution in [-0.4, -0.2) is 49.0 Å². The first kappa shape index (κ1) is 17.9. The molecule has 0 bridgehead atoms. The molecule has 3 rings (SSSR count). The molecule has 1 aliphatic rings. The van der Waals surface area contributed by atoms with Crippen LogP contribution >= 0.6 is 0 Å². The number of aryl methyl sites for hydroxylation is 3. The molecule has 1 aromatic carbocycles. The van der Waals surface area contributed by atoms with Gasteiger partial charge in [0.25, 0.3) is 0 Å². The monoisotopic (exact) mass is 364 g/mol. The molecule has 1 aromatic heterocycles. The maximum atomic E-state index is 13.3. The van der Waals surface area contributed by atoms with E-state index in [0.29, 0.717) is 24.5 Å². The highest BCUT2D eigenvalue weighted by molar-refractivity contribution is 7.89. The summed E-state index contributed by atoms with van der Waals surface area (Å²) in [6.45, 7) is 5.29. The molecule has 2 aromatic rings. The van der Waals surface area contributed by atoms with Gasteiger partial charge in [-0.15, -0.1) is 0 Å². The largest absolute Gasteiger partial charge is 0.496 e. The summed E-state index contributed by atoms with van der Waals surface area (Å²) in [5.74, 6) is 1.46. The number of hydrogen-bond donors (Lipinski definition) is 1. The number of nitrogens with one attached hydrogen (secondary N) is 1. The van der Waals surface area contributed by atoms with Crippen molar-refractivity contribution in [2.45, 2.75) is 24.8 Å². The SMILES string of the molecule is COc1c(C)cc(S(=O)(=O)N2CCNCC2c2nccn2C)cc1C. The molecule has 0 amide bonds. The smallest absolute Gasteiger partial charge is 0.243 e. The number of piperazine rings is 1. The molecule has 136 valence electrons. The van der Waals surface area contributed by atoms with Crippen LogP contribution in [0, 0.1) is 13.8 Å². The van der Waals surface area contributed by atoms with Crippen LogP contribution in [0.5, 0.6) is 5.75 Å². The van der Waals surface area contributed by atoms with E-state index in [2.05, 4.69) is 10.3 Å². The molecule has 1 unspecified atom stereocenters. The van der Waals surface area contributed by atoms with E-state index in [4.69, 9.17) is 4.74 Å². The summed E-state index contributed by atoms with van der Waals surface area (Å²) < 4.78 is 35.4. The fourth-order valence-electron chi connectivity index (χ4n) is 3.41. The number of hydrogen-bond acceptors (Lipinski definition) is 5. The number of nitrogens with zero attached hydrogens (tertiary/aromatic N) is 3. The lowest BCUT2D eigenvalue weighted by Gasteiger charge is -2.34. The van der Waals surface area contributed by atoms with Crippen molar-refractivity contribution in [1.29, 1.82) is 0 Å². The van der Waals surface area contributed by atoms with Crippen LogP contribution in [0.2, 0.25) is 0 Å². The number of ether oxygens (including phenoxy) is 1. The molecule has 1 atom stereocenters. The number of imidazole rings is 1. The zero-order valence-electron chi connectivity index (χ0n) is 15.0. The normalized spacial score (nSPS) is 19.1. The van der Waals surface area contributed by atoms with E-state index in [0.717, 1.165) is 22.7 Å².